The van der Waals surface area contributed by atoms with Crippen LogP contribution in [0.15, 0.2) is 65.5 Å². The lowest BCUT2D eigenvalue weighted by Crippen LogP contribution is -2.55. The molecule has 0 aliphatic heterocycles. The van der Waals surface area contributed by atoms with E-state index in [4.69, 9.17) is 0 Å². The summed E-state index contributed by atoms with van der Waals surface area (Å²) in [7, 11) is 0. The maximum absolute atomic E-state index is 12.2. The summed E-state index contributed by atoms with van der Waals surface area (Å²) in [6.45, 7) is 6.99. The minimum Gasteiger partial charge on any atom is -0.393 e. The fraction of sp³-hybridized carbons (Fsp3) is 0.536. The molecule has 3 heteroatoms. The van der Waals surface area contributed by atoms with Gasteiger partial charge in [-0.15, -0.1) is 0 Å². The summed E-state index contributed by atoms with van der Waals surface area (Å²) in [6, 6.07) is 4.04. The normalized spacial score (nSPS) is 39.0. The van der Waals surface area contributed by atoms with Crippen LogP contribution in [0.4, 0.5) is 0 Å². The highest BCUT2D eigenvalue weighted by molar-refractivity contribution is 5.56. The summed E-state index contributed by atoms with van der Waals surface area (Å²) in [6.07, 6.45) is 20.2. The molecule has 0 saturated heterocycles. The van der Waals surface area contributed by atoms with Crippen molar-refractivity contribution in [2.24, 2.45) is 22.7 Å². The third-order valence-corrected chi connectivity index (χ3v) is 9.00. The summed E-state index contributed by atoms with van der Waals surface area (Å²) in [4.78, 5) is 4.23. The molecule has 1 aromatic heterocycles. The van der Waals surface area contributed by atoms with Gasteiger partial charge >= 0.3 is 0 Å². The van der Waals surface area contributed by atoms with E-state index in [2.05, 4.69) is 62.2 Å². The van der Waals surface area contributed by atoms with Crippen LogP contribution in [0.5, 0.6) is 0 Å². The van der Waals surface area contributed by atoms with Crippen molar-refractivity contribution in [2.45, 2.75) is 71.0 Å². The Bertz CT molecular complexity index is 986. The number of pyridine rings is 1. The van der Waals surface area contributed by atoms with Gasteiger partial charge in [0.15, 0.2) is 0 Å². The van der Waals surface area contributed by atoms with E-state index >= 15 is 0 Å². The molecule has 31 heavy (non-hydrogen) atoms. The number of fused-ring (bicyclic) bond motifs is 4. The Balaban J connectivity index is 1.54. The number of nitrogens with zero attached hydrogens (tertiary/aromatic N) is 1. The molecule has 0 bridgehead atoms. The maximum Gasteiger partial charge on any atom is 0.0933 e. The zero-order chi connectivity index (χ0) is 21.9. The van der Waals surface area contributed by atoms with E-state index < -0.39 is 5.60 Å². The van der Waals surface area contributed by atoms with Gasteiger partial charge in [0, 0.05) is 23.7 Å². The van der Waals surface area contributed by atoms with E-state index in [1.165, 1.54) is 11.1 Å². The van der Waals surface area contributed by atoms with Crippen LogP contribution in [-0.4, -0.2) is 26.9 Å². The van der Waals surface area contributed by atoms with Crippen molar-refractivity contribution in [3.8, 4) is 0 Å². The van der Waals surface area contributed by atoms with E-state index in [9.17, 15) is 10.2 Å². The largest absolute Gasteiger partial charge is 0.393 e. The first-order chi connectivity index (χ1) is 14.7. The molecule has 5 atom stereocenters. The minimum atomic E-state index is -0.806. The van der Waals surface area contributed by atoms with Crippen LogP contribution in [0.2, 0.25) is 0 Å². The SMILES string of the molecule is CC1(C)C=C2C=C3CC(O)CCC3CC[C@]2(O)C2CC=C(/C=C/c3cccnc3)C21C. The molecular formula is C28H35NO2. The van der Waals surface area contributed by atoms with Crippen LogP contribution in [0.1, 0.15) is 64.9 Å². The van der Waals surface area contributed by atoms with E-state index in [0.717, 1.165) is 49.7 Å². The lowest BCUT2D eigenvalue weighted by Gasteiger charge is -2.56. The first-order valence-corrected chi connectivity index (χ1v) is 11.9. The molecule has 5 rings (SSSR count). The van der Waals surface area contributed by atoms with Gasteiger partial charge in [0.1, 0.15) is 0 Å². The topological polar surface area (TPSA) is 53.4 Å². The average molecular weight is 418 g/mol. The van der Waals surface area contributed by atoms with Gasteiger partial charge in [0.25, 0.3) is 0 Å². The summed E-state index contributed by atoms with van der Waals surface area (Å²) in [5.74, 6) is 0.665. The highest BCUT2D eigenvalue weighted by Crippen LogP contribution is 2.65. The molecule has 1 fully saturated rings. The Kier molecular flexibility index (Phi) is 4.91. The predicted molar refractivity (Wildman–Crippen MR) is 125 cm³/mol. The fourth-order valence-electron chi connectivity index (χ4n) is 6.86. The van der Waals surface area contributed by atoms with Crippen molar-refractivity contribution >= 4 is 6.08 Å². The third kappa shape index (κ3) is 3.20. The second kappa shape index (κ2) is 7.28. The van der Waals surface area contributed by atoms with Gasteiger partial charge in [-0.2, -0.15) is 0 Å². The number of aromatic nitrogens is 1. The van der Waals surface area contributed by atoms with Gasteiger partial charge in [0.2, 0.25) is 0 Å². The number of aliphatic hydroxyl groups excluding tert-OH is 1. The second-order valence-electron chi connectivity index (χ2n) is 10.9. The molecule has 4 aliphatic carbocycles. The number of hydrogen-bond donors (Lipinski definition) is 2. The van der Waals surface area contributed by atoms with Crippen LogP contribution in [0, 0.1) is 22.7 Å². The fourth-order valence-corrected chi connectivity index (χ4v) is 6.86. The lowest BCUT2D eigenvalue weighted by atomic mass is 9.49. The average Bonchev–Trinajstić information content (AvgIpc) is 3.03. The predicted octanol–water partition coefficient (Wildman–Crippen LogP) is 5.63. The molecule has 0 radical (unpaired) electrons. The van der Waals surface area contributed by atoms with Crippen LogP contribution in [0.25, 0.3) is 6.08 Å². The lowest BCUT2D eigenvalue weighted by molar-refractivity contribution is -0.0715. The van der Waals surface area contributed by atoms with E-state index in [0.29, 0.717) is 5.92 Å². The summed E-state index contributed by atoms with van der Waals surface area (Å²) < 4.78 is 0. The quantitative estimate of drug-likeness (QED) is 0.656. The monoisotopic (exact) mass is 417 g/mol. The number of allylic oxidation sites excluding steroid dienone is 4. The molecule has 4 unspecified atom stereocenters. The van der Waals surface area contributed by atoms with Gasteiger partial charge in [-0.25, -0.2) is 0 Å². The Hall–Kier alpha value is -1.97. The first kappa shape index (κ1) is 20.9. The van der Waals surface area contributed by atoms with Gasteiger partial charge in [-0.1, -0.05) is 62.8 Å². The smallest absolute Gasteiger partial charge is 0.0933 e. The molecule has 1 heterocycles. The van der Waals surface area contributed by atoms with Crippen molar-refractivity contribution < 1.29 is 10.2 Å². The van der Waals surface area contributed by atoms with E-state index in [1.54, 1.807) is 6.20 Å². The number of hydrogen-bond acceptors (Lipinski definition) is 3. The van der Waals surface area contributed by atoms with E-state index in [1.807, 2.05) is 12.3 Å². The van der Waals surface area contributed by atoms with Crippen LogP contribution in [0.3, 0.4) is 0 Å². The Morgan fingerprint density at radius 2 is 1.97 bits per heavy atom. The maximum atomic E-state index is 12.2. The van der Waals surface area contributed by atoms with Crippen molar-refractivity contribution in [3.63, 3.8) is 0 Å². The zero-order valence-corrected chi connectivity index (χ0v) is 19.0. The minimum absolute atomic E-state index is 0.0922. The van der Waals surface area contributed by atoms with Crippen molar-refractivity contribution in [1.82, 2.24) is 4.98 Å². The molecule has 3 nitrogen and oxygen atoms in total. The molecule has 1 aromatic rings. The van der Waals surface area contributed by atoms with Crippen molar-refractivity contribution in [2.75, 3.05) is 0 Å². The van der Waals surface area contributed by atoms with Crippen molar-refractivity contribution in [1.29, 1.82) is 0 Å². The Morgan fingerprint density at radius 1 is 1.13 bits per heavy atom. The second-order valence-corrected chi connectivity index (χ2v) is 10.9. The Labute approximate surface area is 186 Å². The highest BCUT2D eigenvalue weighted by atomic mass is 16.3. The first-order valence-electron chi connectivity index (χ1n) is 11.9. The summed E-state index contributed by atoms with van der Waals surface area (Å²) >= 11 is 0. The van der Waals surface area contributed by atoms with Crippen LogP contribution < -0.4 is 0 Å². The Morgan fingerprint density at radius 3 is 2.74 bits per heavy atom. The highest BCUT2D eigenvalue weighted by Gasteiger charge is 2.61. The number of rotatable bonds is 2. The van der Waals surface area contributed by atoms with Gasteiger partial charge < -0.3 is 10.2 Å². The molecule has 4 aliphatic rings. The third-order valence-electron chi connectivity index (χ3n) is 9.00. The van der Waals surface area contributed by atoms with E-state index in [-0.39, 0.29) is 22.9 Å². The van der Waals surface area contributed by atoms with Gasteiger partial charge in [-0.05, 0) is 72.6 Å². The van der Waals surface area contributed by atoms with Gasteiger partial charge in [0.05, 0.1) is 11.7 Å². The zero-order valence-electron chi connectivity index (χ0n) is 19.0. The molecule has 0 aromatic carbocycles. The molecule has 164 valence electrons. The molecule has 0 spiro atoms. The molecule has 0 amide bonds. The summed E-state index contributed by atoms with van der Waals surface area (Å²) in [5, 5.41) is 22.5. The van der Waals surface area contributed by atoms with Gasteiger partial charge in [-0.3, -0.25) is 4.98 Å². The molecular weight excluding hydrogens is 382 g/mol. The van der Waals surface area contributed by atoms with Crippen LogP contribution >= 0.6 is 0 Å². The molecule has 2 N–H and O–H groups in total. The standard InChI is InChI=1S/C28H35NO2/c1-26(2)17-23-15-21-16-24(30)10-7-20(21)12-13-28(23,31)25-11-9-22(27(25,26)3)8-6-19-5-4-14-29-18-19/h4-6,8-9,14-15,17-18,20,24-25,30-31H,7,10-13,16H2,1-3H3/b8-6+/t20?,24?,25?,27?,28-/m1/s1. The van der Waals surface area contributed by atoms with Crippen molar-refractivity contribution in [3.05, 3.63) is 71.1 Å². The van der Waals surface area contributed by atoms with Crippen LogP contribution in [-0.2, 0) is 0 Å². The number of aliphatic hydroxyl groups is 2. The summed E-state index contributed by atoms with van der Waals surface area (Å²) in [5.41, 5.74) is 3.82. The molecule has 1 saturated carbocycles.